The van der Waals surface area contributed by atoms with Crippen LogP contribution in [0.3, 0.4) is 0 Å². The average molecular weight is 361 g/mol. The van der Waals surface area contributed by atoms with E-state index >= 15 is 0 Å². The van der Waals surface area contributed by atoms with E-state index in [-0.39, 0.29) is 5.82 Å². The standard InChI is InChI=1S/C19H24FN3OS/c1-21-19(23-13-15-6-5-8-17(12-15)24-2)22-10-11-25-14-16-7-3-4-9-18(16)20/h3-9,12H,10-11,13-14H2,1-2H3,(H2,21,22,23). The lowest BCUT2D eigenvalue weighted by molar-refractivity contribution is 0.414. The highest BCUT2D eigenvalue weighted by Crippen LogP contribution is 2.14. The van der Waals surface area contributed by atoms with Crippen LogP contribution in [0.15, 0.2) is 53.5 Å². The van der Waals surface area contributed by atoms with Crippen molar-refractivity contribution in [2.45, 2.75) is 12.3 Å². The van der Waals surface area contributed by atoms with Crippen molar-refractivity contribution in [2.75, 3.05) is 26.5 Å². The van der Waals surface area contributed by atoms with Crippen LogP contribution in [0.25, 0.3) is 0 Å². The molecular weight excluding hydrogens is 337 g/mol. The van der Waals surface area contributed by atoms with Crippen molar-refractivity contribution in [3.8, 4) is 5.75 Å². The second kappa shape index (κ2) is 10.6. The van der Waals surface area contributed by atoms with Gasteiger partial charge in [0.25, 0.3) is 0 Å². The van der Waals surface area contributed by atoms with Crippen molar-refractivity contribution < 1.29 is 9.13 Å². The van der Waals surface area contributed by atoms with Crippen molar-refractivity contribution in [1.29, 1.82) is 0 Å². The lowest BCUT2D eigenvalue weighted by Gasteiger charge is -2.12. The van der Waals surface area contributed by atoms with Crippen LogP contribution in [0.5, 0.6) is 5.75 Å². The molecule has 0 spiro atoms. The number of nitrogens with one attached hydrogen (secondary N) is 2. The fourth-order valence-electron chi connectivity index (χ4n) is 2.23. The second-order valence-corrected chi connectivity index (χ2v) is 6.45. The summed E-state index contributed by atoms with van der Waals surface area (Å²) >= 11 is 1.69. The molecular formula is C19H24FN3OS. The molecule has 0 aliphatic carbocycles. The molecule has 2 rings (SSSR count). The first-order chi connectivity index (χ1) is 12.2. The van der Waals surface area contributed by atoms with Gasteiger partial charge in [-0.2, -0.15) is 11.8 Å². The Kier molecular flexibility index (Phi) is 8.12. The molecule has 6 heteroatoms. The lowest BCUT2D eigenvalue weighted by Crippen LogP contribution is -2.37. The molecule has 2 N–H and O–H groups in total. The quantitative estimate of drug-likeness (QED) is 0.430. The third-order valence-electron chi connectivity index (χ3n) is 3.57. The Balaban J connectivity index is 1.67. The molecule has 0 unspecified atom stereocenters. The zero-order chi connectivity index (χ0) is 17.9. The van der Waals surface area contributed by atoms with Crippen LogP contribution in [-0.2, 0) is 12.3 Å². The zero-order valence-corrected chi connectivity index (χ0v) is 15.4. The van der Waals surface area contributed by atoms with E-state index < -0.39 is 0 Å². The predicted molar refractivity (Wildman–Crippen MR) is 104 cm³/mol. The van der Waals surface area contributed by atoms with E-state index in [9.17, 15) is 4.39 Å². The molecule has 0 radical (unpaired) electrons. The summed E-state index contributed by atoms with van der Waals surface area (Å²) in [6, 6.07) is 14.8. The number of aliphatic imine (C=N–C) groups is 1. The van der Waals surface area contributed by atoms with Gasteiger partial charge in [0.15, 0.2) is 5.96 Å². The summed E-state index contributed by atoms with van der Waals surface area (Å²) in [7, 11) is 3.40. The Morgan fingerprint density at radius 2 is 2.00 bits per heavy atom. The minimum absolute atomic E-state index is 0.140. The third-order valence-corrected chi connectivity index (χ3v) is 4.58. The highest BCUT2D eigenvalue weighted by atomic mass is 32.2. The average Bonchev–Trinajstić information content (AvgIpc) is 2.65. The second-order valence-electron chi connectivity index (χ2n) is 5.35. The molecule has 4 nitrogen and oxygen atoms in total. The van der Waals surface area contributed by atoms with E-state index in [1.165, 1.54) is 6.07 Å². The molecule has 0 amide bonds. The van der Waals surface area contributed by atoms with E-state index in [0.29, 0.717) is 12.3 Å². The molecule has 0 atom stereocenters. The van der Waals surface area contributed by atoms with Crippen LogP contribution in [0, 0.1) is 5.82 Å². The van der Waals surface area contributed by atoms with Crippen LogP contribution >= 0.6 is 11.8 Å². The predicted octanol–water partition coefficient (Wildman–Crippen LogP) is 3.43. The number of rotatable bonds is 8. The number of thioether (sulfide) groups is 1. The fraction of sp³-hybridized carbons (Fsp3) is 0.316. The Bertz CT molecular complexity index is 694. The van der Waals surface area contributed by atoms with Gasteiger partial charge < -0.3 is 15.4 Å². The van der Waals surface area contributed by atoms with Gasteiger partial charge in [-0.25, -0.2) is 4.39 Å². The van der Waals surface area contributed by atoms with Crippen LogP contribution in [0.2, 0.25) is 0 Å². The molecule has 2 aromatic rings. The van der Waals surface area contributed by atoms with Crippen molar-refractivity contribution in [1.82, 2.24) is 10.6 Å². The van der Waals surface area contributed by atoms with E-state index in [1.54, 1.807) is 32.0 Å². The van der Waals surface area contributed by atoms with Crippen LogP contribution < -0.4 is 15.4 Å². The number of benzene rings is 2. The van der Waals surface area contributed by atoms with Crippen LogP contribution in [-0.4, -0.2) is 32.4 Å². The molecule has 2 aromatic carbocycles. The smallest absolute Gasteiger partial charge is 0.191 e. The molecule has 0 aliphatic heterocycles. The molecule has 0 heterocycles. The number of ether oxygens (including phenoxy) is 1. The molecule has 0 saturated carbocycles. The summed E-state index contributed by atoms with van der Waals surface area (Å²) in [6.45, 7) is 1.43. The first-order valence-corrected chi connectivity index (χ1v) is 9.27. The first-order valence-electron chi connectivity index (χ1n) is 8.11. The fourth-order valence-corrected chi connectivity index (χ4v) is 3.07. The first kappa shape index (κ1) is 19.1. The van der Waals surface area contributed by atoms with Crippen molar-refractivity contribution in [3.05, 3.63) is 65.5 Å². The maximum absolute atomic E-state index is 13.5. The number of halogens is 1. The summed E-state index contributed by atoms with van der Waals surface area (Å²) in [5.74, 6) is 2.98. The zero-order valence-electron chi connectivity index (χ0n) is 14.6. The van der Waals surface area contributed by atoms with Gasteiger partial charge in [-0.1, -0.05) is 30.3 Å². The molecule has 0 aromatic heterocycles. The van der Waals surface area contributed by atoms with E-state index in [1.807, 2.05) is 36.4 Å². The van der Waals surface area contributed by atoms with Gasteiger partial charge in [-0.3, -0.25) is 4.99 Å². The van der Waals surface area contributed by atoms with Crippen molar-refractivity contribution in [3.63, 3.8) is 0 Å². The number of methoxy groups -OCH3 is 1. The van der Waals surface area contributed by atoms with Gasteiger partial charge in [0.05, 0.1) is 7.11 Å². The Labute approximate surface area is 152 Å². The van der Waals surface area contributed by atoms with Gasteiger partial charge in [0.1, 0.15) is 11.6 Å². The SMILES string of the molecule is CN=C(NCCSCc1ccccc1F)NCc1cccc(OC)c1. The summed E-state index contributed by atoms with van der Waals surface area (Å²) in [4.78, 5) is 4.21. The number of guanidine groups is 1. The molecule has 0 aliphatic rings. The Morgan fingerprint density at radius 1 is 1.16 bits per heavy atom. The van der Waals surface area contributed by atoms with Gasteiger partial charge in [0, 0.05) is 31.6 Å². The van der Waals surface area contributed by atoms with Crippen LogP contribution in [0.1, 0.15) is 11.1 Å². The molecule has 0 bridgehead atoms. The molecule has 134 valence electrons. The molecule has 25 heavy (non-hydrogen) atoms. The number of nitrogens with zero attached hydrogens (tertiary/aromatic N) is 1. The van der Waals surface area contributed by atoms with E-state index in [0.717, 1.165) is 35.1 Å². The largest absolute Gasteiger partial charge is 0.497 e. The molecule has 0 fully saturated rings. The highest BCUT2D eigenvalue weighted by Gasteiger charge is 2.02. The van der Waals surface area contributed by atoms with Crippen LogP contribution in [0.4, 0.5) is 4.39 Å². The Morgan fingerprint density at radius 3 is 2.76 bits per heavy atom. The minimum Gasteiger partial charge on any atom is -0.497 e. The maximum atomic E-state index is 13.5. The van der Waals surface area contributed by atoms with Gasteiger partial charge in [-0.15, -0.1) is 0 Å². The number of hydrogen-bond acceptors (Lipinski definition) is 3. The monoisotopic (exact) mass is 361 g/mol. The van der Waals surface area contributed by atoms with Crippen molar-refractivity contribution in [2.24, 2.45) is 4.99 Å². The Hall–Kier alpha value is -2.21. The highest BCUT2D eigenvalue weighted by molar-refractivity contribution is 7.98. The summed E-state index contributed by atoms with van der Waals surface area (Å²) in [5, 5.41) is 6.53. The summed E-state index contributed by atoms with van der Waals surface area (Å²) in [5.41, 5.74) is 1.87. The minimum atomic E-state index is -0.140. The third kappa shape index (κ3) is 6.66. The molecule has 0 saturated heterocycles. The maximum Gasteiger partial charge on any atom is 0.191 e. The number of hydrogen-bond donors (Lipinski definition) is 2. The summed E-state index contributed by atoms with van der Waals surface area (Å²) in [6.07, 6.45) is 0. The summed E-state index contributed by atoms with van der Waals surface area (Å²) < 4.78 is 18.8. The van der Waals surface area contributed by atoms with Gasteiger partial charge in [0.2, 0.25) is 0 Å². The van der Waals surface area contributed by atoms with Crippen molar-refractivity contribution >= 4 is 17.7 Å². The topological polar surface area (TPSA) is 45.7 Å². The van der Waals surface area contributed by atoms with Gasteiger partial charge >= 0.3 is 0 Å². The lowest BCUT2D eigenvalue weighted by atomic mass is 10.2. The normalized spacial score (nSPS) is 11.2. The van der Waals surface area contributed by atoms with Gasteiger partial charge in [-0.05, 0) is 29.3 Å². The van der Waals surface area contributed by atoms with E-state index in [4.69, 9.17) is 4.74 Å². The van der Waals surface area contributed by atoms with E-state index in [2.05, 4.69) is 15.6 Å².